The maximum Gasteiger partial charge on any atom is 0.227 e. The van der Waals surface area contributed by atoms with Crippen molar-refractivity contribution in [3.05, 3.63) is 28.8 Å². The van der Waals surface area contributed by atoms with Crippen molar-refractivity contribution < 1.29 is 14.3 Å². The number of likely N-dealkylation sites (tertiary alicyclic amines) is 1. The predicted octanol–water partition coefficient (Wildman–Crippen LogP) is 1.43. The summed E-state index contributed by atoms with van der Waals surface area (Å²) in [5.74, 6) is 0.787. The monoisotopic (exact) mass is 324 g/mol. The Kier molecular flexibility index (Phi) is 4.57. The first-order valence-corrected chi connectivity index (χ1v) is 7.88. The Morgan fingerprint density at radius 1 is 1.45 bits per heavy atom. The van der Waals surface area contributed by atoms with E-state index in [1.165, 1.54) is 0 Å². The third-order valence-electron chi connectivity index (χ3n) is 4.52. The maximum atomic E-state index is 12.6. The molecule has 3 rings (SSSR count). The van der Waals surface area contributed by atoms with Gasteiger partial charge >= 0.3 is 0 Å². The molecule has 2 heterocycles. The van der Waals surface area contributed by atoms with Crippen LogP contribution >= 0.6 is 11.6 Å². The summed E-state index contributed by atoms with van der Waals surface area (Å²) in [4.78, 5) is 16.8. The van der Waals surface area contributed by atoms with Gasteiger partial charge in [0.05, 0.1) is 32.3 Å². The van der Waals surface area contributed by atoms with Crippen molar-refractivity contribution in [2.75, 3.05) is 40.4 Å². The SMILES string of the molecule is COc1ccc(Cl)cc1CC(=O)N1C[C@H]2OCCN(C)[C@H]2C1. The van der Waals surface area contributed by atoms with Gasteiger partial charge in [-0.2, -0.15) is 0 Å². The second-order valence-corrected chi connectivity index (χ2v) is 6.33. The highest BCUT2D eigenvalue weighted by Gasteiger charge is 2.40. The normalized spacial score (nSPS) is 25.1. The number of fused-ring (bicyclic) bond motifs is 1. The molecule has 22 heavy (non-hydrogen) atoms. The van der Waals surface area contributed by atoms with Gasteiger partial charge < -0.3 is 14.4 Å². The Labute approximate surface area is 135 Å². The molecule has 1 aromatic rings. The minimum absolute atomic E-state index is 0.0898. The van der Waals surface area contributed by atoms with Gasteiger partial charge in [-0.3, -0.25) is 9.69 Å². The number of methoxy groups -OCH3 is 1. The largest absolute Gasteiger partial charge is 0.496 e. The highest BCUT2D eigenvalue weighted by molar-refractivity contribution is 6.30. The van der Waals surface area contributed by atoms with E-state index in [0.717, 1.165) is 25.3 Å². The van der Waals surface area contributed by atoms with Crippen LogP contribution in [0.4, 0.5) is 0 Å². The lowest BCUT2D eigenvalue weighted by Crippen LogP contribution is -2.48. The van der Waals surface area contributed by atoms with E-state index in [4.69, 9.17) is 21.1 Å². The lowest BCUT2D eigenvalue weighted by atomic mass is 10.1. The summed E-state index contributed by atoms with van der Waals surface area (Å²) in [5, 5.41) is 0.613. The second-order valence-electron chi connectivity index (χ2n) is 5.89. The molecule has 0 radical (unpaired) electrons. The molecule has 0 N–H and O–H groups in total. The number of hydrogen-bond acceptors (Lipinski definition) is 4. The number of ether oxygens (including phenoxy) is 2. The van der Waals surface area contributed by atoms with Gasteiger partial charge in [0.2, 0.25) is 5.91 Å². The van der Waals surface area contributed by atoms with Crippen LogP contribution in [0.2, 0.25) is 5.02 Å². The topological polar surface area (TPSA) is 42.0 Å². The van der Waals surface area contributed by atoms with E-state index in [-0.39, 0.29) is 12.0 Å². The van der Waals surface area contributed by atoms with Crippen molar-refractivity contribution in [2.24, 2.45) is 0 Å². The van der Waals surface area contributed by atoms with Crippen LogP contribution in [0, 0.1) is 0 Å². The third-order valence-corrected chi connectivity index (χ3v) is 4.75. The lowest BCUT2D eigenvalue weighted by Gasteiger charge is -2.33. The van der Waals surface area contributed by atoms with Crippen LogP contribution < -0.4 is 4.74 Å². The van der Waals surface area contributed by atoms with Gasteiger partial charge in [-0.1, -0.05) is 11.6 Å². The van der Waals surface area contributed by atoms with Gasteiger partial charge in [0.15, 0.2) is 0 Å². The molecule has 0 spiro atoms. The summed E-state index contributed by atoms with van der Waals surface area (Å²) >= 11 is 6.03. The van der Waals surface area contributed by atoms with E-state index in [2.05, 4.69) is 11.9 Å². The summed E-state index contributed by atoms with van der Waals surface area (Å²) in [7, 11) is 3.69. The standard InChI is InChI=1S/C16H21ClN2O3/c1-18-5-6-22-15-10-19(9-13(15)18)16(20)8-11-7-12(17)3-4-14(11)21-2/h3-4,7,13,15H,5-6,8-10H2,1-2H3/t13-,15+/m0/s1. The van der Waals surface area contributed by atoms with Crippen molar-refractivity contribution in [2.45, 2.75) is 18.6 Å². The summed E-state index contributed by atoms with van der Waals surface area (Å²) < 4.78 is 11.1. The van der Waals surface area contributed by atoms with Gasteiger partial charge in [-0.15, -0.1) is 0 Å². The molecule has 2 atom stereocenters. The number of carbonyl (C=O) groups is 1. The zero-order chi connectivity index (χ0) is 15.7. The molecule has 0 saturated carbocycles. The van der Waals surface area contributed by atoms with E-state index >= 15 is 0 Å². The van der Waals surface area contributed by atoms with E-state index in [9.17, 15) is 4.79 Å². The van der Waals surface area contributed by atoms with E-state index in [1.807, 2.05) is 4.90 Å². The Hall–Kier alpha value is -1.30. The maximum absolute atomic E-state index is 12.6. The minimum Gasteiger partial charge on any atom is -0.496 e. The summed E-state index contributed by atoms with van der Waals surface area (Å²) in [6.07, 6.45) is 0.427. The van der Waals surface area contributed by atoms with Gasteiger partial charge in [0, 0.05) is 30.2 Å². The molecule has 0 aliphatic carbocycles. The highest BCUT2D eigenvalue weighted by Crippen LogP contribution is 2.26. The molecule has 2 aliphatic heterocycles. The summed E-state index contributed by atoms with van der Waals surface area (Å²) in [6.45, 7) is 3.05. The summed E-state index contributed by atoms with van der Waals surface area (Å²) in [6, 6.07) is 5.66. The molecule has 0 aromatic heterocycles. The van der Waals surface area contributed by atoms with Gasteiger partial charge in [-0.05, 0) is 25.2 Å². The van der Waals surface area contributed by atoms with E-state index < -0.39 is 0 Å². The van der Waals surface area contributed by atoms with Crippen molar-refractivity contribution in [1.29, 1.82) is 0 Å². The molecule has 2 saturated heterocycles. The first-order chi connectivity index (χ1) is 10.6. The molecular weight excluding hydrogens is 304 g/mol. The van der Waals surface area contributed by atoms with Crippen LogP contribution in [0.5, 0.6) is 5.75 Å². The lowest BCUT2D eigenvalue weighted by molar-refractivity contribution is -0.129. The van der Waals surface area contributed by atoms with Gasteiger partial charge in [-0.25, -0.2) is 0 Å². The van der Waals surface area contributed by atoms with Crippen LogP contribution in [-0.4, -0.2) is 68.3 Å². The number of likely N-dealkylation sites (N-methyl/N-ethyl adjacent to an activating group) is 1. The van der Waals surface area contributed by atoms with Crippen LogP contribution in [0.1, 0.15) is 5.56 Å². The number of halogens is 1. The number of hydrogen-bond donors (Lipinski definition) is 0. The molecule has 2 fully saturated rings. The first-order valence-electron chi connectivity index (χ1n) is 7.50. The first kappa shape index (κ1) is 15.6. The number of benzene rings is 1. The molecule has 120 valence electrons. The minimum atomic E-state index is 0.0898. The van der Waals surface area contributed by atoms with E-state index in [0.29, 0.717) is 29.8 Å². The summed E-state index contributed by atoms with van der Waals surface area (Å²) in [5.41, 5.74) is 0.823. The van der Waals surface area contributed by atoms with Crippen LogP contribution in [0.15, 0.2) is 18.2 Å². The molecule has 6 heteroatoms. The molecule has 0 bridgehead atoms. The molecule has 2 aliphatic rings. The van der Waals surface area contributed by atoms with Crippen molar-refractivity contribution >= 4 is 17.5 Å². The zero-order valence-electron chi connectivity index (χ0n) is 12.9. The number of amides is 1. The zero-order valence-corrected chi connectivity index (χ0v) is 13.7. The van der Waals surface area contributed by atoms with Crippen molar-refractivity contribution in [3.63, 3.8) is 0 Å². The van der Waals surface area contributed by atoms with Crippen LogP contribution in [0.3, 0.4) is 0 Å². The average Bonchev–Trinajstić information content (AvgIpc) is 2.93. The van der Waals surface area contributed by atoms with Gasteiger partial charge in [0.1, 0.15) is 5.75 Å². The van der Waals surface area contributed by atoms with Crippen molar-refractivity contribution in [3.8, 4) is 5.75 Å². The molecule has 1 aromatic carbocycles. The Bertz CT molecular complexity index is 566. The van der Waals surface area contributed by atoms with E-state index in [1.54, 1.807) is 25.3 Å². The third kappa shape index (κ3) is 3.07. The number of rotatable bonds is 3. The Balaban J connectivity index is 1.69. The Morgan fingerprint density at radius 3 is 3.00 bits per heavy atom. The fourth-order valence-corrected chi connectivity index (χ4v) is 3.42. The second kappa shape index (κ2) is 6.44. The Morgan fingerprint density at radius 2 is 2.27 bits per heavy atom. The smallest absolute Gasteiger partial charge is 0.227 e. The fourth-order valence-electron chi connectivity index (χ4n) is 3.22. The van der Waals surface area contributed by atoms with Gasteiger partial charge in [0.25, 0.3) is 0 Å². The fraction of sp³-hybridized carbons (Fsp3) is 0.562. The number of carbonyl (C=O) groups excluding carboxylic acids is 1. The van der Waals surface area contributed by atoms with Crippen LogP contribution in [0.25, 0.3) is 0 Å². The number of morpholine rings is 1. The predicted molar refractivity (Wildman–Crippen MR) is 84.4 cm³/mol. The molecule has 5 nitrogen and oxygen atoms in total. The van der Waals surface area contributed by atoms with Crippen LogP contribution in [-0.2, 0) is 16.0 Å². The molecular formula is C16H21ClN2O3. The van der Waals surface area contributed by atoms with Crippen molar-refractivity contribution in [1.82, 2.24) is 9.80 Å². The highest BCUT2D eigenvalue weighted by atomic mass is 35.5. The average molecular weight is 325 g/mol. The molecule has 0 unspecified atom stereocenters. The molecule has 1 amide bonds. The number of nitrogens with zero attached hydrogens (tertiary/aromatic N) is 2. The quantitative estimate of drug-likeness (QED) is 0.843.